The van der Waals surface area contributed by atoms with Gasteiger partial charge in [-0.3, -0.25) is 4.98 Å². The van der Waals surface area contributed by atoms with Crippen LogP contribution >= 0.6 is 22.7 Å². The highest BCUT2D eigenvalue weighted by Gasteiger charge is 2.03. The van der Waals surface area contributed by atoms with Crippen LogP contribution in [0.15, 0.2) is 47.4 Å². The van der Waals surface area contributed by atoms with E-state index in [9.17, 15) is 0 Å². The van der Waals surface area contributed by atoms with Gasteiger partial charge in [-0.05, 0) is 47.0 Å². The Kier molecular flexibility index (Phi) is 4.25. The van der Waals surface area contributed by atoms with Gasteiger partial charge in [-0.1, -0.05) is 6.07 Å². The summed E-state index contributed by atoms with van der Waals surface area (Å²) >= 11 is 3.61. The van der Waals surface area contributed by atoms with Crippen molar-refractivity contribution in [2.45, 2.75) is 20.0 Å². The van der Waals surface area contributed by atoms with Crippen LogP contribution in [-0.4, -0.2) is 4.98 Å². The van der Waals surface area contributed by atoms with E-state index in [0.717, 1.165) is 13.1 Å². The van der Waals surface area contributed by atoms with Crippen LogP contribution in [-0.2, 0) is 13.1 Å². The monoisotopic (exact) mass is 300 g/mol. The van der Waals surface area contributed by atoms with Crippen molar-refractivity contribution in [1.82, 2.24) is 10.3 Å². The minimum atomic E-state index is 0.889. The molecule has 0 saturated heterocycles. The van der Waals surface area contributed by atoms with Crippen LogP contribution in [0.25, 0.3) is 10.4 Å². The van der Waals surface area contributed by atoms with Crippen molar-refractivity contribution in [2.24, 2.45) is 0 Å². The third-order valence-electron chi connectivity index (χ3n) is 3.21. The van der Waals surface area contributed by atoms with Crippen LogP contribution in [0.4, 0.5) is 0 Å². The summed E-state index contributed by atoms with van der Waals surface area (Å²) in [6.07, 6.45) is 3.76. The summed E-state index contributed by atoms with van der Waals surface area (Å²) < 4.78 is 0. The van der Waals surface area contributed by atoms with Gasteiger partial charge in [0.05, 0.1) is 0 Å². The molecule has 0 bridgehead atoms. The van der Waals surface area contributed by atoms with E-state index in [0.29, 0.717) is 0 Å². The maximum atomic E-state index is 4.12. The van der Waals surface area contributed by atoms with Gasteiger partial charge in [0.1, 0.15) is 0 Å². The molecule has 0 aromatic carbocycles. The Morgan fingerprint density at radius 2 is 2.15 bits per heavy atom. The Bertz CT molecular complexity index is 671. The van der Waals surface area contributed by atoms with Gasteiger partial charge in [0.25, 0.3) is 0 Å². The molecule has 3 aromatic rings. The van der Waals surface area contributed by atoms with Crippen LogP contribution in [0, 0.1) is 6.92 Å². The maximum Gasteiger partial charge on any atom is 0.0351 e. The minimum Gasteiger partial charge on any atom is -0.308 e. The van der Waals surface area contributed by atoms with E-state index in [1.165, 1.54) is 26.4 Å². The van der Waals surface area contributed by atoms with Crippen molar-refractivity contribution >= 4 is 22.7 Å². The second kappa shape index (κ2) is 6.31. The zero-order valence-corrected chi connectivity index (χ0v) is 12.9. The van der Waals surface area contributed by atoms with Crippen LogP contribution < -0.4 is 5.32 Å². The summed E-state index contributed by atoms with van der Waals surface area (Å²) in [6, 6.07) is 8.63. The number of nitrogens with zero attached hydrogens (tertiary/aromatic N) is 1. The molecule has 0 saturated carbocycles. The summed E-state index contributed by atoms with van der Waals surface area (Å²) in [6.45, 7) is 3.91. The number of rotatable bonds is 5. The molecule has 2 nitrogen and oxygen atoms in total. The van der Waals surface area contributed by atoms with Crippen LogP contribution in [0.3, 0.4) is 0 Å². The lowest BCUT2D eigenvalue weighted by molar-refractivity contribution is 0.697. The highest BCUT2D eigenvalue weighted by atomic mass is 32.1. The Balaban J connectivity index is 1.58. The molecule has 0 aliphatic carbocycles. The molecule has 0 fully saturated rings. The fourth-order valence-electron chi connectivity index (χ4n) is 2.07. The van der Waals surface area contributed by atoms with Crippen LogP contribution in [0.2, 0.25) is 0 Å². The zero-order chi connectivity index (χ0) is 13.8. The summed E-state index contributed by atoms with van der Waals surface area (Å²) in [5, 5.41) is 7.86. The third kappa shape index (κ3) is 3.15. The van der Waals surface area contributed by atoms with Gasteiger partial charge in [0.15, 0.2) is 0 Å². The number of nitrogens with one attached hydrogen (secondary N) is 1. The molecule has 3 rings (SSSR count). The van der Waals surface area contributed by atoms with Gasteiger partial charge in [0, 0.05) is 40.8 Å². The topological polar surface area (TPSA) is 24.9 Å². The van der Waals surface area contributed by atoms with Crippen molar-refractivity contribution < 1.29 is 0 Å². The molecule has 3 heterocycles. The number of aryl methyl sites for hydroxylation is 1. The van der Waals surface area contributed by atoms with E-state index in [4.69, 9.17) is 0 Å². The zero-order valence-electron chi connectivity index (χ0n) is 11.3. The predicted molar refractivity (Wildman–Crippen MR) is 87.1 cm³/mol. The molecular weight excluding hydrogens is 284 g/mol. The van der Waals surface area contributed by atoms with E-state index in [2.05, 4.69) is 52.3 Å². The average Bonchev–Trinajstić information content (AvgIpc) is 3.11. The van der Waals surface area contributed by atoms with E-state index in [1.807, 2.05) is 23.7 Å². The average molecular weight is 300 g/mol. The fraction of sp³-hybridized carbons (Fsp3) is 0.188. The smallest absolute Gasteiger partial charge is 0.0351 e. The molecule has 0 aliphatic heterocycles. The minimum absolute atomic E-state index is 0.889. The van der Waals surface area contributed by atoms with Crippen LogP contribution in [0.1, 0.15) is 16.0 Å². The summed E-state index contributed by atoms with van der Waals surface area (Å²) in [5.74, 6) is 0. The molecule has 0 atom stereocenters. The number of hydrogen-bond donors (Lipinski definition) is 1. The molecule has 4 heteroatoms. The van der Waals surface area contributed by atoms with Gasteiger partial charge >= 0.3 is 0 Å². The summed E-state index contributed by atoms with van der Waals surface area (Å²) in [5.41, 5.74) is 3.89. The first-order valence-electron chi connectivity index (χ1n) is 6.54. The lowest BCUT2D eigenvalue weighted by Crippen LogP contribution is -2.12. The number of hydrogen-bond acceptors (Lipinski definition) is 4. The highest BCUT2D eigenvalue weighted by Crippen LogP contribution is 2.29. The molecular formula is C16H16N2S2. The summed E-state index contributed by atoms with van der Waals surface area (Å²) in [7, 11) is 0. The molecule has 0 spiro atoms. The SMILES string of the molecule is Cc1cnccc1CNCc1cc(-c2cccs2)cs1. The Morgan fingerprint density at radius 3 is 2.95 bits per heavy atom. The second-order valence-electron chi connectivity index (χ2n) is 4.68. The normalized spacial score (nSPS) is 10.8. The van der Waals surface area contributed by atoms with Crippen molar-refractivity contribution in [2.75, 3.05) is 0 Å². The van der Waals surface area contributed by atoms with Gasteiger partial charge in [-0.15, -0.1) is 22.7 Å². The lowest BCUT2D eigenvalue weighted by Gasteiger charge is -2.05. The fourth-order valence-corrected chi connectivity index (χ4v) is 3.71. The molecule has 3 aromatic heterocycles. The Morgan fingerprint density at radius 1 is 1.20 bits per heavy atom. The molecule has 0 radical (unpaired) electrons. The van der Waals surface area contributed by atoms with Crippen molar-refractivity contribution in [3.8, 4) is 10.4 Å². The molecule has 1 N–H and O–H groups in total. The molecule has 0 aliphatic rings. The lowest BCUT2D eigenvalue weighted by atomic mass is 10.1. The molecule has 0 amide bonds. The van der Waals surface area contributed by atoms with E-state index in [1.54, 1.807) is 11.3 Å². The van der Waals surface area contributed by atoms with Crippen molar-refractivity contribution in [3.63, 3.8) is 0 Å². The van der Waals surface area contributed by atoms with E-state index < -0.39 is 0 Å². The van der Waals surface area contributed by atoms with Crippen molar-refractivity contribution in [3.05, 3.63) is 63.4 Å². The number of aromatic nitrogens is 1. The van der Waals surface area contributed by atoms with E-state index in [-0.39, 0.29) is 0 Å². The van der Waals surface area contributed by atoms with Crippen LogP contribution in [0.5, 0.6) is 0 Å². The van der Waals surface area contributed by atoms with Gasteiger partial charge in [-0.25, -0.2) is 0 Å². The maximum absolute atomic E-state index is 4.12. The standard InChI is InChI=1S/C16H16N2S2/c1-12-8-17-5-4-13(12)9-18-10-15-7-14(11-20-15)16-3-2-6-19-16/h2-8,11,18H,9-10H2,1H3. The summed E-state index contributed by atoms with van der Waals surface area (Å²) in [4.78, 5) is 6.84. The largest absolute Gasteiger partial charge is 0.308 e. The quantitative estimate of drug-likeness (QED) is 0.752. The Labute approximate surface area is 127 Å². The number of pyridine rings is 1. The molecule has 0 unspecified atom stereocenters. The van der Waals surface area contributed by atoms with Gasteiger partial charge in [0.2, 0.25) is 0 Å². The van der Waals surface area contributed by atoms with Gasteiger partial charge < -0.3 is 5.32 Å². The first-order chi connectivity index (χ1) is 9.83. The predicted octanol–water partition coefficient (Wildman–Crippen LogP) is 4.47. The van der Waals surface area contributed by atoms with Crippen molar-refractivity contribution in [1.29, 1.82) is 0 Å². The Hall–Kier alpha value is -1.49. The molecule has 102 valence electrons. The first kappa shape index (κ1) is 13.5. The second-order valence-corrected chi connectivity index (χ2v) is 6.63. The third-order valence-corrected chi connectivity index (χ3v) is 5.07. The van der Waals surface area contributed by atoms with E-state index >= 15 is 0 Å². The number of thiophene rings is 2. The van der Waals surface area contributed by atoms with Gasteiger partial charge in [-0.2, -0.15) is 0 Å². The highest BCUT2D eigenvalue weighted by molar-refractivity contribution is 7.14. The molecule has 20 heavy (non-hydrogen) atoms. The first-order valence-corrected chi connectivity index (χ1v) is 8.30.